The molecule has 3 heterocycles. The zero-order chi connectivity index (χ0) is 13.2. The maximum atomic E-state index is 3.85. The van der Waals surface area contributed by atoms with E-state index in [-0.39, 0.29) is 0 Å². The van der Waals surface area contributed by atoms with Crippen molar-refractivity contribution in [3.63, 3.8) is 0 Å². The Balaban J connectivity index is 1.58. The van der Waals surface area contributed by atoms with Crippen LogP contribution < -0.4 is 5.32 Å². The predicted molar refractivity (Wildman–Crippen MR) is 85.2 cm³/mol. The van der Waals surface area contributed by atoms with Gasteiger partial charge in [-0.15, -0.1) is 23.1 Å². The van der Waals surface area contributed by atoms with E-state index in [9.17, 15) is 0 Å². The van der Waals surface area contributed by atoms with Crippen LogP contribution in [-0.4, -0.2) is 36.8 Å². The summed E-state index contributed by atoms with van der Waals surface area (Å²) in [7, 11) is 2.25. The quantitative estimate of drug-likeness (QED) is 0.917. The van der Waals surface area contributed by atoms with Crippen molar-refractivity contribution in [2.24, 2.45) is 5.92 Å². The molecule has 2 nitrogen and oxygen atoms in total. The highest BCUT2D eigenvalue weighted by Gasteiger charge is 2.27. The Kier molecular flexibility index (Phi) is 4.52. The lowest BCUT2D eigenvalue weighted by Crippen LogP contribution is -2.39. The first kappa shape index (κ1) is 13.9. The molecule has 106 valence electrons. The molecule has 0 amide bonds. The average Bonchev–Trinajstić information content (AvgIpc) is 2.84. The van der Waals surface area contributed by atoms with Crippen molar-refractivity contribution in [2.75, 3.05) is 26.7 Å². The topological polar surface area (TPSA) is 15.3 Å². The monoisotopic (exact) mass is 296 g/mol. The fraction of sp³-hybridized carbons (Fsp3) is 0.733. The lowest BCUT2D eigenvalue weighted by molar-refractivity contribution is 0.202. The minimum Gasteiger partial charge on any atom is -0.310 e. The molecular formula is C15H24N2S2. The van der Waals surface area contributed by atoms with Crippen molar-refractivity contribution >= 4 is 23.1 Å². The zero-order valence-electron chi connectivity index (χ0n) is 11.9. The predicted octanol–water partition coefficient (Wildman–Crippen LogP) is 3.60. The summed E-state index contributed by atoms with van der Waals surface area (Å²) >= 11 is 3.96. The molecule has 0 aromatic carbocycles. The Morgan fingerprint density at radius 3 is 3.21 bits per heavy atom. The van der Waals surface area contributed by atoms with Crippen molar-refractivity contribution in [3.8, 4) is 0 Å². The van der Waals surface area contributed by atoms with Gasteiger partial charge in [-0.2, -0.15) is 0 Å². The summed E-state index contributed by atoms with van der Waals surface area (Å²) in [6.07, 6.45) is 4.03. The molecular weight excluding hydrogens is 272 g/mol. The van der Waals surface area contributed by atoms with Crippen LogP contribution in [0.5, 0.6) is 0 Å². The van der Waals surface area contributed by atoms with Gasteiger partial charge in [-0.05, 0) is 62.3 Å². The van der Waals surface area contributed by atoms with Crippen LogP contribution in [0.15, 0.2) is 15.7 Å². The number of piperidine rings is 1. The number of thiophene rings is 1. The Hall–Kier alpha value is -0.0300. The van der Waals surface area contributed by atoms with Gasteiger partial charge in [-0.3, -0.25) is 0 Å². The number of nitrogens with zero attached hydrogens (tertiary/aromatic N) is 1. The highest BCUT2D eigenvalue weighted by molar-refractivity contribution is 8.01. The first-order valence-electron chi connectivity index (χ1n) is 7.38. The van der Waals surface area contributed by atoms with E-state index in [1.54, 1.807) is 5.56 Å². The molecule has 1 fully saturated rings. The van der Waals surface area contributed by atoms with Gasteiger partial charge in [0, 0.05) is 17.8 Å². The molecule has 3 atom stereocenters. The third-order valence-electron chi connectivity index (χ3n) is 4.28. The summed E-state index contributed by atoms with van der Waals surface area (Å²) in [5, 5.41) is 6.85. The molecule has 0 spiro atoms. The van der Waals surface area contributed by atoms with Crippen molar-refractivity contribution < 1.29 is 0 Å². The Morgan fingerprint density at radius 2 is 2.37 bits per heavy atom. The van der Waals surface area contributed by atoms with Crippen LogP contribution in [0, 0.1) is 5.92 Å². The second-order valence-electron chi connectivity index (χ2n) is 6.06. The van der Waals surface area contributed by atoms with E-state index < -0.39 is 0 Å². The molecule has 0 radical (unpaired) electrons. The van der Waals surface area contributed by atoms with Crippen LogP contribution in [0.25, 0.3) is 0 Å². The highest BCUT2D eigenvalue weighted by Crippen LogP contribution is 2.43. The third kappa shape index (κ3) is 3.35. The van der Waals surface area contributed by atoms with E-state index >= 15 is 0 Å². The number of rotatable bonds is 3. The van der Waals surface area contributed by atoms with Gasteiger partial charge in [0.05, 0.1) is 4.21 Å². The fourth-order valence-corrected chi connectivity index (χ4v) is 5.86. The van der Waals surface area contributed by atoms with Crippen LogP contribution in [0.4, 0.5) is 0 Å². The molecule has 0 saturated carbocycles. The molecule has 0 bridgehead atoms. The summed E-state index contributed by atoms with van der Waals surface area (Å²) in [5.41, 5.74) is 1.55. The lowest BCUT2D eigenvalue weighted by Gasteiger charge is -2.33. The minimum atomic E-state index is 0.588. The van der Waals surface area contributed by atoms with Crippen LogP contribution in [-0.2, 0) is 0 Å². The van der Waals surface area contributed by atoms with Crippen molar-refractivity contribution in [1.82, 2.24) is 10.2 Å². The zero-order valence-corrected chi connectivity index (χ0v) is 13.5. The van der Waals surface area contributed by atoms with Crippen LogP contribution in [0.1, 0.15) is 37.8 Å². The SMILES string of the molecule is C[C@H]1CC(NCC2CCCN(C)C2)c2ccsc2S1. The smallest absolute Gasteiger partial charge is 0.0649 e. The summed E-state index contributed by atoms with van der Waals surface area (Å²) in [4.78, 5) is 2.48. The Labute approximate surface area is 125 Å². The number of hydrogen-bond donors (Lipinski definition) is 1. The van der Waals surface area contributed by atoms with Crippen LogP contribution >= 0.6 is 23.1 Å². The first-order chi connectivity index (χ1) is 9.22. The summed E-state index contributed by atoms with van der Waals surface area (Å²) < 4.78 is 1.54. The van der Waals surface area contributed by atoms with Gasteiger partial charge in [0.2, 0.25) is 0 Å². The van der Waals surface area contributed by atoms with E-state index in [2.05, 4.69) is 47.4 Å². The molecule has 1 aromatic rings. The average molecular weight is 297 g/mol. The standard InChI is InChI=1S/C15H24N2S2/c1-11-8-14(13-5-7-18-15(13)19-11)16-9-12-4-3-6-17(2)10-12/h5,7,11-12,14,16H,3-4,6,8-10H2,1-2H3/t11-,12?,14?/m0/s1. The van der Waals surface area contributed by atoms with Crippen molar-refractivity contribution in [1.29, 1.82) is 0 Å². The van der Waals surface area contributed by atoms with Gasteiger partial charge in [-0.25, -0.2) is 0 Å². The number of nitrogens with one attached hydrogen (secondary N) is 1. The third-order valence-corrected chi connectivity index (χ3v) is 6.63. The Morgan fingerprint density at radius 1 is 1.47 bits per heavy atom. The number of likely N-dealkylation sites (tertiary alicyclic amines) is 1. The number of hydrogen-bond acceptors (Lipinski definition) is 4. The molecule has 1 N–H and O–H groups in total. The maximum absolute atomic E-state index is 3.85. The number of fused-ring (bicyclic) bond motifs is 1. The normalized spacial score (nSPS) is 32.2. The largest absolute Gasteiger partial charge is 0.310 e. The fourth-order valence-electron chi connectivity index (χ4n) is 3.29. The van der Waals surface area contributed by atoms with E-state index in [1.165, 1.54) is 43.1 Å². The van der Waals surface area contributed by atoms with Crippen LogP contribution in [0.2, 0.25) is 0 Å². The van der Waals surface area contributed by atoms with E-state index in [0.29, 0.717) is 6.04 Å². The molecule has 1 aromatic heterocycles. The maximum Gasteiger partial charge on any atom is 0.0649 e. The molecule has 1 saturated heterocycles. The van der Waals surface area contributed by atoms with E-state index in [1.807, 2.05) is 11.3 Å². The summed E-state index contributed by atoms with van der Waals surface area (Å²) in [6.45, 7) is 6.08. The van der Waals surface area contributed by atoms with Crippen molar-refractivity contribution in [3.05, 3.63) is 17.0 Å². The van der Waals surface area contributed by atoms with Gasteiger partial charge in [0.25, 0.3) is 0 Å². The van der Waals surface area contributed by atoms with Crippen LogP contribution in [0.3, 0.4) is 0 Å². The van der Waals surface area contributed by atoms with E-state index in [4.69, 9.17) is 0 Å². The Bertz CT molecular complexity index is 418. The minimum absolute atomic E-state index is 0.588. The van der Waals surface area contributed by atoms with Crippen molar-refractivity contribution in [2.45, 2.75) is 41.7 Å². The summed E-state index contributed by atoms with van der Waals surface area (Å²) in [5.74, 6) is 0.839. The van der Waals surface area contributed by atoms with Gasteiger partial charge in [-0.1, -0.05) is 6.92 Å². The molecule has 2 aliphatic heterocycles. The van der Waals surface area contributed by atoms with E-state index in [0.717, 1.165) is 11.2 Å². The van der Waals surface area contributed by atoms with Gasteiger partial charge in [0.15, 0.2) is 0 Å². The first-order valence-corrected chi connectivity index (χ1v) is 9.14. The highest BCUT2D eigenvalue weighted by atomic mass is 32.2. The molecule has 19 heavy (non-hydrogen) atoms. The van der Waals surface area contributed by atoms with Gasteiger partial charge >= 0.3 is 0 Å². The van der Waals surface area contributed by atoms with Gasteiger partial charge < -0.3 is 10.2 Å². The molecule has 2 aliphatic rings. The second kappa shape index (κ2) is 6.17. The number of thioether (sulfide) groups is 1. The molecule has 4 heteroatoms. The molecule has 0 aliphatic carbocycles. The second-order valence-corrected chi connectivity index (χ2v) is 8.68. The molecule has 2 unspecified atom stereocenters. The molecule has 3 rings (SSSR count). The van der Waals surface area contributed by atoms with Gasteiger partial charge in [0.1, 0.15) is 0 Å². The summed E-state index contributed by atoms with van der Waals surface area (Å²) in [6, 6.07) is 2.91. The lowest BCUT2D eigenvalue weighted by atomic mass is 9.97.